The molecule has 6 rings (SSSR count). The van der Waals surface area contributed by atoms with E-state index in [-0.39, 0.29) is 11.7 Å². The fraction of sp³-hybridized carbons (Fsp3) is 0.259. The molecular formula is C27H25Cl2N7O. The number of rotatable bonds is 6. The van der Waals surface area contributed by atoms with Crippen LogP contribution in [-0.4, -0.2) is 46.9 Å². The number of nitrogens with two attached hydrogens (primary N) is 1. The van der Waals surface area contributed by atoms with Crippen molar-refractivity contribution in [2.24, 2.45) is 5.92 Å². The lowest BCUT2D eigenvalue weighted by Gasteiger charge is -2.27. The van der Waals surface area contributed by atoms with Crippen LogP contribution in [0.4, 0.5) is 23.0 Å². The summed E-state index contributed by atoms with van der Waals surface area (Å²) in [5.41, 5.74) is 10.7. The van der Waals surface area contributed by atoms with Gasteiger partial charge in [-0.15, -0.1) is 0 Å². The van der Waals surface area contributed by atoms with E-state index in [9.17, 15) is 4.79 Å². The molecule has 3 heterocycles. The fourth-order valence-corrected chi connectivity index (χ4v) is 5.06. The van der Waals surface area contributed by atoms with E-state index in [1.165, 1.54) is 0 Å². The minimum atomic E-state index is 0.0454. The summed E-state index contributed by atoms with van der Waals surface area (Å²) in [6, 6.07) is 9.43. The summed E-state index contributed by atoms with van der Waals surface area (Å²) in [5.74, 6) is 0.837. The number of Topliss-reactive ketones (excluding diaryl/α,β-unsaturated/α-hetero) is 1. The summed E-state index contributed by atoms with van der Waals surface area (Å²) in [4.78, 5) is 29.1. The Morgan fingerprint density at radius 3 is 2.35 bits per heavy atom. The van der Waals surface area contributed by atoms with Gasteiger partial charge >= 0.3 is 0 Å². The van der Waals surface area contributed by atoms with Crippen molar-refractivity contribution in [3.8, 4) is 11.1 Å². The number of hydrogen-bond acceptors (Lipinski definition) is 8. The molecule has 1 aliphatic carbocycles. The summed E-state index contributed by atoms with van der Waals surface area (Å²) in [6.07, 6.45) is 6.98. The molecule has 1 saturated carbocycles. The third kappa shape index (κ3) is 4.80. The Bertz CT molecular complexity index is 1480. The maximum Gasteiger partial charge on any atom is 0.225 e. The monoisotopic (exact) mass is 533 g/mol. The Hall–Kier alpha value is -3.46. The predicted octanol–water partition coefficient (Wildman–Crippen LogP) is 5.33. The number of carbonyl (C=O) groups excluding carboxylic acids is 1. The van der Waals surface area contributed by atoms with Gasteiger partial charge in [0.25, 0.3) is 0 Å². The SMILES string of the molecule is Nc1c(Cl)cc(-c2ccc3ncc(C(=O)C4CC4)c(Nc4cnc(N5CCNCC5)nc4)c3c2)cc1Cl. The number of carbonyl (C=O) groups is 1. The van der Waals surface area contributed by atoms with Crippen molar-refractivity contribution in [1.82, 2.24) is 20.3 Å². The highest BCUT2D eigenvalue weighted by molar-refractivity contribution is 6.39. The summed E-state index contributed by atoms with van der Waals surface area (Å²) in [7, 11) is 0. The van der Waals surface area contributed by atoms with Crippen LogP contribution in [0, 0.1) is 5.92 Å². The van der Waals surface area contributed by atoms with Gasteiger partial charge < -0.3 is 21.3 Å². The number of fused-ring (bicyclic) bond motifs is 1. The van der Waals surface area contributed by atoms with Crippen molar-refractivity contribution in [3.63, 3.8) is 0 Å². The number of pyridine rings is 1. The number of halogens is 2. The Morgan fingerprint density at radius 1 is 0.973 bits per heavy atom. The smallest absolute Gasteiger partial charge is 0.225 e. The Kier molecular flexibility index (Phi) is 6.32. The first-order chi connectivity index (χ1) is 18.0. The molecule has 0 bridgehead atoms. The lowest BCUT2D eigenvalue weighted by Crippen LogP contribution is -2.44. The third-order valence-electron chi connectivity index (χ3n) is 6.80. The predicted molar refractivity (Wildman–Crippen MR) is 149 cm³/mol. The van der Waals surface area contributed by atoms with Crippen molar-refractivity contribution in [2.75, 3.05) is 42.1 Å². The number of hydrogen-bond donors (Lipinski definition) is 3. The lowest BCUT2D eigenvalue weighted by atomic mass is 9.99. The first kappa shape index (κ1) is 23.9. The molecule has 2 fully saturated rings. The van der Waals surface area contributed by atoms with Crippen LogP contribution in [0.1, 0.15) is 23.2 Å². The average Bonchev–Trinajstić information content (AvgIpc) is 3.78. The largest absolute Gasteiger partial charge is 0.396 e. The van der Waals surface area contributed by atoms with Crippen molar-refractivity contribution < 1.29 is 4.79 Å². The molecular weight excluding hydrogens is 509 g/mol. The van der Waals surface area contributed by atoms with E-state index >= 15 is 0 Å². The molecule has 4 aromatic rings. The highest BCUT2D eigenvalue weighted by atomic mass is 35.5. The number of anilines is 4. The van der Waals surface area contributed by atoms with Crippen molar-refractivity contribution in [1.29, 1.82) is 0 Å². The zero-order chi connectivity index (χ0) is 25.5. The highest BCUT2D eigenvalue weighted by Crippen LogP contribution is 2.39. The van der Waals surface area contributed by atoms with Gasteiger partial charge in [0, 0.05) is 43.7 Å². The van der Waals surface area contributed by atoms with Gasteiger partial charge in [0.1, 0.15) is 0 Å². The van der Waals surface area contributed by atoms with Gasteiger partial charge in [-0.1, -0.05) is 29.3 Å². The van der Waals surface area contributed by atoms with Crippen LogP contribution >= 0.6 is 23.2 Å². The summed E-state index contributed by atoms with van der Waals surface area (Å²) < 4.78 is 0. The molecule has 0 spiro atoms. The maximum atomic E-state index is 13.2. The van der Waals surface area contributed by atoms with Gasteiger partial charge in [-0.3, -0.25) is 9.78 Å². The molecule has 2 aromatic heterocycles. The second-order valence-corrected chi connectivity index (χ2v) is 10.2. The van der Waals surface area contributed by atoms with Crippen LogP contribution < -0.4 is 21.3 Å². The standard InChI is InChI=1S/C27H25Cl2N7O/c28-21-10-17(11-22(29)24(21)30)16-3-4-23-19(9-16)25(20(14-32-23)26(37)15-1-2-15)35-18-12-33-27(34-13-18)36-7-5-31-6-8-36/h3-4,9-15,31H,1-2,5-8,30H2,(H,32,35). The molecule has 0 unspecified atom stereocenters. The van der Waals surface area contributed by atoms with Crippen molar-refractivity contribution in [3.05, 3.63) is 64.5 Å². The minimum Gasteiger partial charge on any atom is -0.396 e. The number of ketones is 1. The van der Waals surface area contributed by atoms with E-state index in [0.29, 0.717) is 38.6 Å². The number of aromatic nitrogens is 3. The zero-order valence-electron chi connectivity index (χ0n) is 20.0. The van der Waals surface area contributed by atoms with Crippen LogP contribution in [0.5, 0.6) is 0 Å². The molecule has 2 aliphatic rings. The van der Waals surface area contributed by atoms with Crippen LogP contribution in [0.2, 0.25) is 10.0 Å². The molecule has 2 aromatic carbocycles. The van der Waals surface area contributed by atoms with Gasteiger partial charge in [-0.2, -0.15) is 0 Å². The Labute approximate surface area is 224 Å². The number of benzene rings is 2. The summed E-state index contributed by atoms with van der Waals surface area (Å²) in [6.45, 7) is 3.55. The number of nitrogens with zero attached hydrogens (tertiary/aromatic N) is 4. The molecule has 0 amide bonds. The average molecular weight is 534 g/mol. The number of piperazine rings is 1. The second kappa shape index (κ2) is 9.78. The molecule has 37 heavy (non-hydrogen) atoms. The Balaban J connectivity index is 1.42. The van der Waals surface area contributed by atoms with Gasteiger partial charge in [0.05, 0.1) is 50.6 Å². The molecule has 0 atom stereocenters. The van der Waals surface area contributed by atoms with E-state index in [0.717, 1.165) is 61.1 Å². The van der Waals surface area contributed by atoms with E-state index < -0.39 is 0 Å². The van der Waals surface area contributed by atoms with E-state index in [4.69, 9.17) is 28.9 Å². The van der Waals surface area contributed by atoms with Crippen molar-refractivity contribution in [2.45, 2.75) is 12.8 Å². The van der Waals surface area contributed by atoms with E-state index in [1.807, 2.05) is 18.2 Å². The van der Waals surface area contributed by atoms with Crippen LogP contribution in [-0.2, 0) is 0 Å². The van der Waals surface area contributed by atoms with Crippen LogP contribution in [0.3, 0.4) is 0 Å². The van der Waals surface area contributed by atoms with Gasteiger partial charge in [-0.05, 0) is 48.2 Å². The second-order valence-electron chi connectivity index (χ2n) is 9.40. The molecule has 10 heteroatoms. The normalized spacial score (nSPS) is 15.7. The summed E-state index contributed by atoms with van der Waals surface area (Å²) in [5, 5.41) is 8.34. The topological polar surface area (TPSA) is 109 Å². The van der Waals surface area contributed by atoms with Crippen molar-refractivity contribution >= 4 is 62.9 Å². The van der Waals surface area contributed by atoms with E-state index in [2.05, 4.69) is 30.5 Å². The fourth-order valence-electron chi connectivity index (χ4n) is 4.57. The molecule has 1 saturated heterocycles. The van der Waals surface area contributed by atoms with Gasteiger partial charge in [0.2, 0.25) is 5.95 Å². The molecule has 188 valence electrons. The number of nitrogens with one attached hydrogen (secondary N) is 2. The highest BCUT2D eigenvalue weighted by Gasteiger charge is 2.32. The number of nitrogen functional groups attached to an aromatic ring is 1. The van der Waals surface area contributed by atoms with Crippen LogP contribution in [0.15, 0.2) is 48.9 Å². The molecule has 1 aliphatic heterocycles. The lowest BCUT2D eigenvalue weighted by molar-refractivity contribution is 0.0968. The van der Waals surface area contributed by atoms with Gasteiger partial charge in [0.15, 0.2) is 5.78 Å². The molecule has 4 N–H and O–H groups in total. The summed E-state index contributed by atoms with van der Waals surface area (Å²) >= 11 is 12.6. The van der Waals surface area contributed by atoms with Gasteiger partial charge in [-0.25, -0.2) is 9.97 Å². The molecule has 8 nitrogen and oxygen atoms in total. The zero-order valence-corrected chi connectivity index (χ0v) is 21.5. The maximum absolute atomic E-state index is 13.2. The quantitative estimate of drug-likeness (QED) is 0.225. The first-order valence-corrected chi connectivity index (χ1v) is 13.0. The first-order valence-electron chi connectivity index (χ1n) is 12.2. The van der Waals surface area contributed by atoms with E-state index in [1.54, 1.807) is 30.7 Å². The van der Waals surface area contributed by atoms with Crippen LogP contribution in [0.25, 0.3) is 22.0 Å². The Morgan fingerprint density at radius 2 is 1.68 bits per heavy atom. The third-order valence-corrected chi connectivity index (χ3v) is 7.43. The molecule has 0 radical (unpaired) electrons. The minimum absolute atomic E-state index is 0.0454.